The minimum absolute atomic E-state index is 1.05. The van der Waals surface area contributed by atoms with E-state index in [-0.39, 0.29) is 0 Å². The summed E-state index contributed by atoms with van der Waals surface area (Å²) in [5.41, 5.74) is 5.30. The van der Waals surface area contributed by atoms with Crippen LogP contribution in [0.4, 0.5) is 0 Å². The van der Waals surface area contributed by atoms with Crippen molar-refractivity contribution in [1.29, 1.82) is 0 Å². The SMILES string of the molecule is CC/C=C(/c1ccccc1)c1ccccc1C. The van der Waals surface area contributed by atoms with E-state index in [1.807, 2.05) is 0 Å². The first-order valence-electron chi connectivity index (χ1n) is 6.14. The second-order valence-corrected chi connectivity index (χ2v) is 4.21. The Bertz CT molecular complexity index is 507. The van der Waals surface area contributed by atoms with Crippen molar-refractivity contribution in [2.45, 2.75) is 20.3 Å². The van der Waals surface area contributed by atoms with Gasteiger partial charge in [0.25, 0.3) is 0 Å². The quantitative estimate of drug-likeness (QED) is 0.697. The van der Waals surface area contributed by atoms with Gasteiger partial charge < -0.3 is 0 Å². The summed E-state index contributed by atoms with van der Waals surface area (Å²) >= 11 is 0. The largest absolute Gasteiger partial charge is 0.0763 e. The van der Waals surface area contributed by atoms with Crippen LogP contribution in [0.3, 0.4) is 0 Å². The molecule has 0 unspecified atom stereocenters. The normalized spacial score (nSPS) is 11.5. The molecule has 0 nitrogen and oxygen atoms in total. The zero-order chi connectivity index (χ0) is 12.1. The van der Waals surface area contributed by atoms with Crippen LogP contribution in [-0.4, -0.2) is 0 Å². The lowest BCUT2D eigenvalue weighted by atomic mass is 9.94. The highest BCUT2D eigenvalue weighted by Crippen LogP contribution is 2.26. The highest BCUT2D eigenvalue weighted by atomic mass is 14.1. The zero-order valence-corrected chi connectivity index (χ0v) is 10.5. The van der Waals surface area contributed by atoms with Crippen molar-refractivity contribution in [3.05, 3.63) is 77.4 Å². The van der Waals surface area contributed by atoms with Gasteiger partial charge in [0.05, 0.1) is 0 Å². The lowest BCUT2D eigenvalue weighted by molar-refractivity contribution is 1.22. The molecule has 0 aliphatic heterocycles. The lowest BCUT2D eigenvalue weighted by Crippen LogP contribution is -1.91. The molecule has 0 heterocycles. The molecule has 2 rings (SSSR count). The third-order valence-corrected chi connectivity index (χ3v) is 2.93. The van der Waals surface area contributed by atoms with E-state index in [0.29, 0.717) is 0 Å². The Balaban J connectivity index is 2.52. The van der Waals surface area contributed by atoms with Gasteiger partial charge in [-0.25, -0.2) is 0 Å². The fourth-order valence-electron chi connectivity index (χ4n) is 2.08. The standard InChI is InChI=1S/C17H18/c1-3-9-17(15-11-5-4-6-12-15)16-13-8-7-10-14(16)2/h4-13H,3H2,1-2H3/b17-9-. The third kappa shape index (κ3) is 2.65. The predicted molar refractivity (Wildman–Crippen MR) is 75.0 cm³/mol. The molecule has 17 heavy (non-hydrogen) atoms. The second-order valence-electron chi connectivity index (χ2n) is 4.21. The van der Waals surface area contributed by atoms with Gasteiger partial charge in [0, 0.05) is 0 Å². The Labute approximate surface area is 104 Å². The van der Waals surface area contributed by atoms with E-state index in [4.69, 9.17) is 0 Å². The Morgan fingerprint density at radius 2 is 1.59 bits per heavy atom. The summed E-state index contributed by atoms with van der Waals surface area (Å²) < 4.78 is 0. The van der Waals surface area contributed by atoms with Crippen molar-refractivity contribution in [3.63, 3.8) is 0 Å². The van der Waals surface area contributed by atoms with Crippen LogP contribution in [0.25, 0.3) is 5.57 Å². The number of allylic oxidation sites excluding steroid dienone is 1. The minimum Gasteiger partial charge on any atom is -0.0763 e. The molecule has 2 aromatic carbocycles. The molecule has 2 aromatic rings. The molecule has 0 fully saturated rings. The molecule has 0 amide bonds. The van der Waals surface area contributed by atoms with E-state index in [0.717, 1.165) is 6.42 Å². The zero-order valence-electron chi connectivity index (χ0n) is 10.5. The van der Waals surface area contributed by atoms with Gasteiger partial charge in [-0.15, -0.1) is 0 Å². The number of aryl methyl sites for hydroxylation is 1. The maximum absolute atomic E-state index is 2.30. The summed E-state index contributed by atoms with van der Waals surface area (Å²) in [6.07, 6.45) is 3.36. The first kappa shape index (κ1) is 11.7. The van der Waals surface area contributed by atoms with Crippen molar-refractivity contribution < 1.29 is 0 Å². The second kappa shape index (κ2) is 5.49. The molecule has 0 aromatic heterocycles. The van der Waals surface area contributed by atoms with Crippen LogP contribution in [-0.2, 0) is 0 Å². The fourth-order valence-corrected chi connectivity index (χ4v) is 2.08. The topological polar surface area (TPSA) is 0 Å². The molecule has 0 saturated heterocycles. The van der Waals surface area contributed by atoms with Crippen molar-refractivity contribution in [3.8, 4) is 0 Å². The van der Waals surface area contributed by atoms with Crippen molar-refractivity contribution in [2.75, 3.05) is 0 Å². The van der Waals surface area contributed by atoms with Crippen LogP contribution >= 0.6 is 0 Å². The van der Waals surface area contributed by atoms with E-state index in [2.05, 4.69) is 74.5 Å². The van der Waals surface area contributed by atoms with E-state index in [1.54, 1.807) is 0 Å². The molecule has 0 aliphatic rings. The monoisotopic (exact) mass is 222 g/mol. The van der Waals surface area contributed by atoms with Gasteiger partial charge in [-0.2, -0.15) is 0 Å². The number of hydrogen-bond acceptors (Lipinski definition) is 0. The molecule has 0 aliphatic carbocycles. The Morgan fingerprint density at radius 3 is 2.24 bits per heavy atom. The predicted octanol–water partition coefficient (Wildman–Crippen LogP) is 4.84. The molecular formula is C17H18. The number of hydrogen-bond donors (Lipinski definition) is 0. The molecule has 86 valence electrons. The molecular weight excluding hydrogens is 204 g/mol. The maximum Gasteiger partial charge on any atom is -0.0149 e. The van der Waals surface area contributed by atoms with Gasteiger partial charge in [-0.3, -0.25) is 0 Å². The minimum atomic E-state index is 1.05. The summed E-state index contributed by atoms with van der Waals surface area (Å²) in [5, 5.41) is 0. The van der Waals surface area contributed by atoms with Gasteiger partial charge in [0.2, 0.25) is 0 Å². The van der Waals surface area contributed by atoms with Crippen LogP contribution in [0.1, 0.15) is 30.0 Å². The van der Waals surface area contributed by atoms with Gasteiger partial charge in [-0.05, 0) is 35.6 Å². The van der Waals surface area contributed by atoms with E-state index in [9.17, 15) is 0 Å². The third-order valence-electron chi connectivity index (χ3n) is 2.93. The maximum atomic E-state index is 2.30. The summed E-state index contributed by atoms with van der Waals surface area (Å²) in [6, 6.07) is 19.2. The molecule has 0 bridgehead atoms. The van der Waals surface area contributed by atoms with Crippen molar-refractivity contribution in [1.82, 2.24) is 0 Å². The summed E-state index contributed by atoms with van der Waals surface area (Å²) in [4.78, 5) is 0. The van der Waals surface area contributed by atoms with Crippen LogP contribution in [0.2, 0.25) is 0 Å². The van der Waals surface area contributed by atoms with Crippen LogP contribution in [0, 0.1) is 6.92 Å². The Morgan fingerprint density at radius 1 is 0.941 bits per heavy atom. The Hall–Kier alpha value is -1.82. The van der Waals surface area contributed by atoms with Crippen molar-refractivity contribution in [2.24, 2.45) is 0 Å². The number of rotatable bonds is 3. The average Bonchev–Trinajstić information content (AvgIpc) is 2.38. The lowest BCUT2D eigenvalue weighted by Gasteiger charge is -2.11. The van der Waals surface area contributed by atoms with Crippen LogP contribution in [0.5, 0.6) is 0 Å². The molecule has 0 heteroatoms. The Kier molecular flexibility index (Phi) is 3.77. The number of benzene rings is 2. The summed E-state index contributed by atoms with van der Waals surface area (Å²) in [6.45, 7) is 4.35. The highest BCUT2D eigenvalue weighted by Gasteiger charge is 2.05. The van der Waals surface area contributed by atoms with E-state index >= 15 is 0 Å². The van der Waals surface area contributed by atoms with Crippen LogP contribution in [0.15, 0.2) is 60.7 Å². The van der Waals surface area contributed by atoms with E-state index < -0.39 is 0 Å². The molecule has 0 saturated carbocycles. The summed E-state index contributed by atoms with van der Waals surface area (Å²) in [7, 11) is 0. The first-order valence-corrected chi connectivity index (χ1v) is 6.14. The summed E-state index contributed by atoms with van der Waals surface area (Å²) in [5.74, 6) is 0. The van der Waals surface area contributed by atoms with Crippen LogP contribution < -0.4 is 0 Å². The first-order chi connectivity index (χ1) is 8.33. The van der Waals surface area contributed by atoms with Crippen molar-refractivity contribution >= 4 is 5.57 Å². The smallest absolute Gasteiger partial charge is 0.0149 e. The van der Waals surface area contributed by atoms with E-state index in [1.165, 1.54) is 22.3 Å². The van der Waals surface area contributed by atoms with Gasteiger partial charge in [-0.1, -0.05) is 67.6 Å². The van der Waals surface area contributed by atoms with Gasteiger partial charge in [0.1, 0.15) is 0 Å². The van der Waals surface area contributed by atoms with Gasteiger partial charge in [0.15, 0.2) is 0 Å². The fraction of sp³-hybridized carbons (Fsp3) is 0.176. The molecule has 0 N–H and O–H groups in total. The molecule has 0 radical (unpaired) electrons. The average molecular weight is 222 g/mol. The molecule has 0 atom stereocenters. The van der Waals surface area contributed by atoms with Gasteiger partial charge >= 0.3 is 0 Å². The highest BCUT2D eigenvalue weighted by molar-refractivity contribution is 5.81. The molecule has 0 spiro atoms.